The molecule has 1 N–H and O–H groups in total. The van der Waals surface area contributed by atoms with Gasteiger partial charge >= 0.3 is 5.97 Å². The van der Waals surface area contributed by atoms with Crippen molar-refractivity contribution in [1.29, 1.82) is 0 Å². The number of ether oxygens (including phenoxy) is 3. The van der Waals surface area contributed by atoms with Crippen molar-refractivity contribution in [1.82, 2.24) is 4.98 Å². The number of hydrogen-bond acceptors (Lipinski definition) is 7. The van der Waals surface area contributed by atoms with E-state index in [1.165, 1.54) is 6.26 Å². The molecule has 0 saturated carbocycles. The molecular weight excluding hydrogens is 518 g/mol. The summed E-state index contributed by atoms with van der Waals surface area (Å²) in [6.07, 6.45) is 2.58. The summed E-state index contributed by atoms with van der Waals surface area (Å²) in [5.41, 5.74) is 3.08. The lowest BCUT2D eigenvalue weighted by atomic mass is 10.1. The number of sulfone groups is 1. The Morgan fingerprint density at radius 2 is 1.78 bits per heavy atom. The van der Waals surface area contributed by atoms with Gasteiger partial charge in [-0.3, -0.25) is 9.78 Å². The third-order valence-electron chi connectivity index (χ3n) is 5.36. The molecule has 3 rings (SSSR count). The second-order valence-corrected chi connectivity index (χ2v) is 11.1. The molecule has 0 spiro atoms. The van der Waals surface area contributed by atoms with Crippen molar-refractivity contribution >= 4 is 27.4 Å². The van der Waals surface area contributed by atoms with Crippen molar-refractivity contribution in [3.63, 3.8) is 0 Å². The maximum Gasteiger partial charge on any atom is 0.306 e. The molecule has 0 amide bonds. The maximum absolute atomic E-state index is 11.2. The van der Waals surface area contributed by atoms with Crippen LogP contribution in [0, 0.1) is 0 Å². The quantitative estimate of drug-likeness (QED) is 0.269. The molecule has 10 heteroatoms. The summed E-state index contributed by atoms with van der Waals surface area (Å²) >= 11 is 6.42. The highest BCUT2D eigenvalue weighted by Crippen LogP contribution is 2.29. The standard InChI is InChI=1S/C27H30ClNO7S/c1-3-34-26(16-27(30)31)20-6-8-21(9-7-20)36-18-19-5-11-24(28)23(15-19)25-12-10-22(17-29-25)35-13-4-14-37(2,32)33/h5-12,15,17,26H,3-4,13-14,16,18H2,1-2H3,(H,30,31)/t26-/m0/s1. The molecule has 37 heavy (non-hydrogen) atoms. The lowest BCUT2D eigenvalue weighted by Crippen LogP contribution is -2.10. The Morgan fingerprint density at radius 1 is 1.05 bits per heavy atom. The Bertz CT molecular complexity index is 1280. The minimum Gasteiger partial charge on any atom is -0.492 e. The van der Waals surface area contributed by atoms with Crippen molar-refractivity contribution in [3.05, 3.63) is 76.9 Å². The SMILES string of the molecule is CCO[C@@H](CC(=O)O)c1ccc(OCc2ccc(Cl)c(-c3ccc(OCCCS(C)(=O)=O)cn3)c2)cc1. The van der Waals surface area contributed by atoms with Gasteiger partial charge in [0.2, 0.25) is 0 Å². The van der Waals surface area contributed by atoms with Crippen molar-refractivity contribution < 1.29 is 32.5 Å². The number of nitrogens with zero attached hydrogens (tertiary/aromatic N) is 1. The predicted molar refractivity (Wildman–Crippen MR) is 142 cm³/mol. The third-order valence-corrected chi connectivity index (χ3v) is 6.72. The van der Waals surface area contributed by atoms with Gasteiger partial charge in [-0.2, -0.15) is 0 Å². The summed E-state index contributed by atoms with van der Waals surface area (Å²) in [5, 5.41) is 9.64. The van der Waals surface area contributed by atoms with E-state index in [0.29, 0.717) is 41.9 Å². The number of aliphatic carboxylic acids is 1. The molecule has 0 saturated heterocycles. The fourth-order valence-corrected chi connectivity index (χ4v) is 4.43. The van der Waals surface area contributed by atoms with Gasteiger partial charge in [0.25, 0.3) is 0 Å². The molecule has 0 bridgehead atoms. The summed E-state index contributed by atoms with van der Waals surface area (Å²) in [6.45, 7) is 2.84. The molecule has 0 aliphatic carbocycles. The molecule has 0 unspecified atom stereocenters. The number of carboxylic acid groups (broad SMARTS) is 1. The Labute approximate surface area is 222 Å². The van der Waals surface area contributed by atoms with E-state index in [4.69, 9.17) is 30.9 Å². The molecule has 198 valence electrons. The van der Waals surface area contributed by atoms with Gasteiger partial charge in [0.15, 0.2) is 0 Å². The van der Waals surface area contributed by atoms with Gasteiger partial charge in [0, 0.05) is 23.4 Å². The molecule has 2 aromatic carbocycles. The topological polar surface area (TPSA) is 112 Å². The lowest BCUT2D eigenvalue weighted by Gasteiger charge is -2.16. The number of benzene rings is 2. The predicted octanol–water partition coefficient (Wildman–Crippen LogP) is 5.35. The molecule has 0 radical (unpaired) electrons. The Kier molecular flexibility index (Phi) is 10.3. The molecule has 0 fully saturated rings. The van der Waals surface area contributed by atoms with Crippen LogP contribution in [0.15, 0.2) is 60.8 Å². The summed E-state index contributed by atoms with van der Waals surface area (Å²) in [5.74, 6) is 0.345. The average Bonchev–Trinajstić information content (AvgIpc) is 2.86. The first kappa shape index (κ1) is 28.4. The molecule has 0 aliphatic rings. The van der Waals surface area contributed by atoms with Crippen LogP contribution in [0.4, 0.5) is 0 Å². The summed E-state index contributed by atoms with van der Waals surface area (Å²) in [6, 6.07) is 16.3. The molecule has 3 aromatic rings. The van der Waals surface area contributed by atoms with Crippen LogP contribution in [-0.2, 0) is 26.0 Å². The zero-order valence-electron chi connectivity index (χ0n) is 20.7. The Morgan fingerprint density at radius 3 is 2.41 bits per heavy atom. The van der Waals surface area contributed by atoms with Crippen LogP contribution in [0.5, 0.6) is 11.5 Å². The lowest BCUT2D eigenvalue weighted by molar-refractivity contribution is -0.140. The van der Waals surface area contributed by atoms with E-state index in [1.807, 2.05) is 19.1 Å². The minimum absolute atomic E-state index is 0.0750. The Hall–Kier alpha value is -3.14. The van der Waals surface area contributed by atoms with Crippen molar-refractivity contribution in [3.8, 4) is 22.8 Å². The number of carboxylic acids is 1. The zero-order valence-corrected chi connectivity index (χ0v) is 22.3. The number of carbonyl (C=O) groups is 1. The van der Waals surface area contributed by atoms with Gasteiger partial charge in [-0.1, -0.05) is 29.8 Å². The van der Waals surface area contributed by atoms with E-state index in [0.717, 1.165) is 16.7 Å². The van der Waals surface area contributed by atoms with Crippen LogP contribution >= 0.6 is 11.6 Å². The monoisotopic (exact) mass is 547 g/mol. The summed E-state index contributed by atoms with van der Waals surface area (Å²) in [7, 11) is -3.01. The van der Waals surface area contributed by atoms with E-state index in [2.05, 4.69) is 4.98 Å². The second-order valence-electron chi connectivity index (χ2n) is 8.42. The third kappa shape index (κ3) is 9.35. The van der Waals surface area contributed by atoms with Crippen LogP contribution in [-0.4, -0.2) is 49.7 Å². The number of pyridine rings is 1. The largest absolute Gasteiger partial charge is 0.492 e. The zero-order chi connectivity index (χ0) is 26.8. The van der Waals surface area contributed by atoms with Crippen LogP contribution in [0.1, 0.15) is 37.0 Å². The Balaban J connectivity index is 1.61. The number of halogens is 1. The van der Waals surface area contributed by atoms with E-state index in [-0.39, 0.29) is 18.8 Å². The van der Waals surface area contributed by atoms with Gasteiger partial charge in [0.1, 0.15) is 27.9 Å². The van der Waals surface area contributed by atoms with Crippen LogP contribution in [0.3, 0.4) is 0 Å². The first-order valence-corrected chi connectivity index (χ1v) is 14.2. The number of rotatable bonds is 14. The van der Waals surface area contributed by atoms with Gasteiger partial charge in [-0.25, -0.2) is 8.42 Å². The highest BCUT2D eigenvalue weighted by Gasteiger charge is 2.16. The van der Waals surface area contributed by atoms with E-state index >= 15 is 0 Å². The van der Waals surface area contributed by atoms with Gasteiger partial charge in [0.05, 0.1) is 36.8 Å². The smallest absolute Gasteiger partial charge is 0.306 e. The molecule has 1 heterocycles. The number of aromatic nitrogens is 1. The highest BCUT2D eigenvalue weighted by atomic mass is 35.5. The molecule has 1 atom stereocenters. The maximum atomic E-state index is 11.2. The van der Waals surface area contributed by atoms with E-state index in [1.54, 1.807) is 48.7 Å². The van der Waals surface area contributed by atoms with Crippen LogP contribution < -0.4 is 9.47 Å². The van der Waals surface area contributed by atoms with Crippen LogP contribution in [0.2, 0.25) is 5.02 Å². The van der Waals surface area contributed by atoms with Crippen molar-refractivity contribution in [2.45, 2.75) is 32.5 Å². The van der Waals surface area contributed by atoms with E-state index < -0.39 is 21.9 Å². The van der Waals surface area contributed by atoms with E-state index in [9.17, 15) is 13.2 Å². The second kappa shape index (κ2) is 13.4. The van der Waals surface area contributed by atoms with Gasteiger partial charge < -0.3 is 19.3 Å². The summed E-state index contributed by atoms with van der Waals surface area (Å²) in [4.78, 5) is 15.5. The van der Waals surface area contributed by atoms with Gasteiger partial charge in [-0.15, -0.1) is 0 Å². The molecule has 8 nitrogen and oxygen atoms in total. The molecule has 0 aliphatic heterocycles. The average molecular weight is 548 g/mol. The normalized spacial score (nSPS) is 12.2. The van der Waals surface area contributed by atoms with Crippen molar-refractivity contribution in [2.75, 3.05) is 25.2 Å². The van der Waals surface area contributed by atoms with Crippen LogP contribution in [0.25, 0.3) is 11.3 Å². The van der Waals surface area contributed by atoms with Crippen molar-refractivity contribution in [2.24, 2.45) is 0 Å². The first-order chi connectivity index (χ1) is 17.6. The fourth-order valence-electron chi connectivity index (χ4n) is 3.57. The molecule has 1 aromatic heterocycles. The first-order valence-electron chi connectivity index (χ1n) is 11.8. The highest BCUT2D eigenvalue weighted by molar-refractivity contribution is 7.90. The minimum atomic E-state index is -3.01. The van der Waals surface area contributed by atoms with Gasteiger partial charge in [-0.05, 0) is 60.9 Å². The fraction of sp³-hybridized carbons (Fsp3) is 0.333. The number of hydrogen-bond donors (Lipinski definition) is 1. The molecular formula is C27H30ClNO7S. The summed E-state index contributed by atoms with van der Waals surface area (Å²) < 4.78 is 39.5.